The standard InChI is InChI=1S/C20H18N2O4/c1-13-2-4-14(5-3-13)11-21-20(23)10-16-9-18(26-22-16)15-6-7-17-19(8-15)25-12-24-17/h2-9H,10-12H2,1H3,(H,21,23). The first-order chi connectivity index (χ1) is 12.7. The number of hydrogen-bond acceptors (Lipinski definition) is 5. The summed E-state index contributed by atoms with van der Waals surface area (Å²) in [6.45, 7) is 2.75. The molecule has 0 radical (unpaired) electrons. The lowest BCUT2D eigenvalue weighted by atomic mass is 10.1. The van der Waals surface area contributed by atoms with Crippen molar-refractivity contribution in [1.29, 1.82) is 0 Å². The molecule has 132 valence electrons. The molecule has 0 bridgehead atoms. The Bertz CT molecular complexity index is 931. The average molecular weight is 350 g/mol. The second-order valence-electron chi connectivity index (χ2n) is 6.19. The Kier molecular flexibility index (Phi) is 4.31. The molecular weight excluding hydrogens is 332 g/mol. The van der Waals surface area contributed by atoms with E-state index in [-0.39, 0.29) is 19.1 Å². The minimum atomic E-state index is -0.101. The first-order valence-electron chi connectivity index (χ1n) is 8.35. The fourth-order valence-corrected chi connectivity index (χ4v) is 2.71. The predicted octanol–water partition coefficient (Wildman–Crippen LogP) is 3.24. The molecule has 0 spiro atoms. The largest absolute Gasteiger partial charge is 0.454 e. The maximum absolute atomic E-state index is 12.1. The molecule has 2 heterocycles. The van der Waals surface area contributed by atoms with Crippen molar-refractivity contribution in [3.05, 3.63) is 65.4 Å². The third-order valence-electron chi connectivity index (χ3n) is 4.17. The van der Waals surface area contributed by atoms with E-state index < -0.39 is 0 Å². The molecule has 1 aliphatic rings. The molecule has 4 rings (SSSR count). The van der Waals surface area contributed by atoms with Crippen LogP contribution in [0.25, 0.3) is 11.3 Å². The molecule has 0 saturated heterocycles. The number of carbonyl (C=O) groups is 1. The van der Waals surface area contributed by atoms with Crippen LogP contribution in [0.1, 0.15) is 16.8 Å². The summed E-state index contributed by atoms with van der Waals surface area (Å²) in [4.78, 5) is 12.1. The number of hydrogen-bond donors (Lipinski definition) is 1. The first kappa shape index (κ1) is 16.2. The number of carbonyl (C=O) groups excluding carboxylic acids is 1. The summed E-state index contributed by atoms with van der Waals surface area (Å²) in [5, 5.41) is 6.88. The molecule has 0 aliphatic carbocycles. The van der Waals surface area contributed by atoms with Gasteiger partial charge in [-0.1, -0.05) is 35.0 Å². The van der Waals surface area contributed by atoms with Gasteiger partial charge in [-0.3, -0.25) is 4.79 Å². The van der Waals surface area contributed by atoms with Gasteiger partial charge in [0.15, 0.2) is 17.3 Å². The van der Waals surface area contributed by atoms with Crippen LogP contribution in [0.15, 0.2) is 53.1 Å². The van der Waals surface area contributed by atoms with E-state index in [0.29, 0.717) is 29.5 Å². The van der Waals surface area contributed by atoms with Crippen LogP contribution >= 0.6 is 0 Å². The number of aromatic nitrogens is 1. The lowest BCUT2D eigenvalue weighted by Crippen LogP contribution is -2.24. The van der Waals surface area contributed by atoms with Crippen LogP contribution in [0, 0.1) is 6.92 Å². The number of aryl methyl sites for hydroxylation is 1. The molecule has 0 unspecified atom stereocenters. The summed E-state index contributed by atoms with van der Waals surface area (Å²) >= 11 is 0. The Hall–Kier alpha value is -3.28. The van der Waals surface area contributed by atoms with Crippen molar-refractivity contribution in [3.63, 3.8) is 0 Å². The fourth-order valence-electron chi connectivity index (χ4n) is 2.71. The van der Waals surface area contributed by atoms with E-state index in [4.69, 9.17) is 14.0 Å². The van der Waals surface area contributed by atoms with E-state index in [2.05, 4.69) is 10.5 Å². The maximum atomic E-state index is 12.1. The van der Waals surface area contributed by atoms with Crippen LogP contribution in [-0.4, -0.2) is 17.9 Å². The highest BCUT2D eigenvalue weighted by Gasteiger charge is 2.16. The Morgan fingerprint density at radius 1 is 1.08 bits per heavy atom. The van der Waals surface area contributed by atoms with Gasteiger partial charge >= 0.3 is 0 Å². The maximum Gasteiger partial charge on any atom is 0.231 e. The zero-order valence-corrected chi connectivity index (χ0v) is 14.3. The summed E-state index contributed by atoms with van der Waals surface area (Å²) in [5.74, 6) is 1.88. The summed E-state index contributed by atoms with van der Waals surface area (Å²) < 4.78 is 16.0. The molecule has 1 amide bonds. The van der Waals surface area contributed by atoms with Gasteiger partial charge in [-0.05, 0) is 30.7 Å². The molecule has 6 heteroatoms. The Balaban J connectivity index is 1.37. The van der Waals surface area contributed by atoms with Crippen molar-refractivity contribution >= 4 is 5.91 Å². The topological polar surface area (TPSA) is 73.6 Å². The van der Waals surface area contributed by atoms with E-state index in [1.165, 1.54) is 5.56 Å². The second-order valence-corrected chi connectivity index (χ2v) is 6.19. The third kappa shape index (κ3) is 3.54. The number of rotatable bonds is 5. The van der Waals surface area contributed by atoms with Gasteiger partial charge in [0.1, 0.15) is 0 Å². The molecule has 6 nitrogen and oxygen atoms in total. The lowest BCUT2D eigenvalue weighted by Gasteiger charge is -2.04. The Morgan fingerprint density at radius 2 is 1.88 bits per heavy atom. The molecule has 3 aromatic rings. The van der Waals surface area contributed by atoms with Gasteiger partial charge in [0, 0.05) is 18.2 Å². The number of fused-ring (bicyclic) bond motifs is 1. The van der Waals surface area contributed by atoms with Gasteiger partial charge in [-0.25, -0.2) is 0 Å². The monoisotopic (exact) mass is 350 g/mol. The zero-order valence-electron chi connectivity index (χ0n) is 14.3. The van der Waals surface area contributed by atoms with Crippen LogP contribution < -0.4 is 14.8 Å². The van der Waals surface area contributed by atoms with Gasteiger partial charge < -0.3 is 19.3 Å². The molecule has 26 heavy (non-hydrogen) atoms. The van der Waals surface area contributed by atoms with Crippen molar-refractivity contribution in [1.82, 2.24) is 10.5 Å². The smallest absolute Gasteiger partial charge is 0.231 e. The molecule has 1 N–H and O–H groups in total. The van der Waals surface area contributed by atoms with Gasteiger partial charge in [0.2, 0.25) is 12.7 Å². The number of nitrogens with one attached hydrogen (secondary N) is 1. The predicted molar refractivity (Wildman–Crippen MR) is 94.8 cm³/mol. The zero-order chi connectivity index (χ0) is 17.9. The van der Waals surface area contributed by atoms with Crippen LogP contribution in [0.2, 0.25) is 0 Å². The van der Waals surface area contributed by atoms with Crippen molar-refractivity contribution in [3.8, 4) is 22.8 Å². The fraction of sp³-hybridized carbons (Fsp3) is 0.200. The highest BCUT2D eigenvalue weighted by Crippen LogP contribution is 2.36. The van der Waals surface area contributed by atoms with Gasteiger partial charge in [-0.2, -0.15) is 0 Å². The van der Waals surface area contributed by atoms with Gasteiger partial charge in [-0.15, -0.1) is 0 Å². The molecule has 1 aliphatic heterocycles. The van der Waals surface area contributed by atoms with E-state index in [9.17, 15) is 4.79 Å². The highest BCUT2D eigenvalue weighted by atomic mass is 16.7. The summed E-state index contributed by atoms with van der Waals surface area (Å²) in [6, 6.07) is 15.4. The van der Waals surface area contributed by atoms with E-state index >= 15 is 0 Å². The normalized spacial score (nSPS) is 12.2. The number of ether oxygens (including phenoxy) is 2. The summed E-state index contributed by atoms with van der Waals surface area (Å²) in [5.41, 5.74) is 3.66. The third-order valence-corrected chi connectivity index (χ3v) is 4.17. The number of nitrogens with zero attached hydrogens (tertiary/aromatic N) is 1. The lowest BCUT2D eigenvalue weighted by molar-refractivity contribution is -0.120. The Labute approximate surface area is 150 Å². The van der Waals surface area contributed by atoms with Crippen LogP contribution in [-0.2, 0) is 17.8 Å². The highest BCUT2D eigenvalue weighted by molar-refractivity contribution is 5.78. The van der Waals surface area contributed by atoms with Crippen LogP contribution in [0.3, 0.4) is 0 Å². The van der Waals surface area contributed by atoms with E-state index in [0.717, 1.165) is 11.1 Å². The average Bonchev–Trinajstić information content (AvgIpc) is 3.29. The summed E-state index contributed by atoms with van der Waals surface area (Å²) in [6.07, 6.45) is 0.167. The quantitative estimate of drug-likeness (QED) is 0.765. The minimum Gasteiger partial charge on any atom is -0.454 e. The van der Waals surface area contributed by atoms with E-state index in [1.807, 2.05) is 49.4 Å². The van der Waals surface area contributed by atoms with Crippen molar-refractivity contribution in [2.24, 2.45) is 0 Å². The second kappa shape index (κ2) is 6.92. The molecule has 0 fully saturated rings. The van der Waals surface area contributed by atoms with Gasteiger partial charge in [0.05, 0.1) is 12.1 Å². The molecule has 0 atom stereocenters. The SMILES string of the molecule is Cc1ccc(CNC(=O)Cc2cc(-c3ccc4c(c3)OCO4)on2)cc1. The minimum absolute atomic E-state index is 0.101. The van der Waals surface area contributed by atoms with Gasteiger partial charge in [0.25, 0.3) is 0 Å². The molecular formula is C20H18N2O4. The number of amides is 1. The van der Waals surface area contributed by atoms with Crippen molar-refractivity contribution < 1.29 is 18.8 Å². The summed E-state index contributed by atoms with van der Waals surface area (Å²) in [7, 11) is 0. The molecule has 2 aromatic carbocycles. The van der Waals surface area contributed by atoms with Crippen molar-refractivity contribution in [2.75, 3.05) is 6.79 Å². The van der Waals surface area contributed by atoms with Crippen LogP contribution in [0.5, 0.6) is 11.5 Å². The molecule has 1 aromatic heterocycles. The van der Waals surface area contributed by atoms with Crippen molar-refractivity contribution in [2.45, 2.75) is 19.9 Å². The van der Waals surface area contributed by atoms with E-state index in [1.54, 1.807) is 6.07 Å². The number of benzene rings is 2. The molecule has 0 saturated carbocycles. The Morgan fingerprint density at radius 3 is 2.73 bits per heavy atom. The first-order valence-corrected chi connectivity index (χ1v) is 8.35. The van der Waals surface area contributed by atoms with Crippen LogP contribution in [0.4, 0.5) is 0 Å².